The van der Waals surface area contributed by atoms with Gasteiger partial charge in [0.15, 0.2) is 0 Å². The molecule has 2 aromatic heterocycles. The number of allylic oxidation sites excluding steroid dienone is 1. The maximum atomic E-state index is 12.4. The number of alkyl halides is 2. The van der Waals surface area contributed by atoms with Crippen molar-refractivity contribution in [1.82, 2.24) is 25.3 Å². The molecule has 1 atom stereocenters. The number of likely N-dealkylation sites (N-methyl/N-ethyl adjacent to an activating group) is 1. The Morgan fingerprint density at radius 2 is 2.33 bits per heavy atom. The van der Waals surface area contributed by atoms with Gasteiger partial charge in [-0.3, -0.25) is 5.41 Å². The average Bonchev–Trinajstić information content (AvgIpc) is 3.16. The lowest BCUT2D eigenvalue weighted by atomic mass is 10.2. The maximum Gasteiger partial charge on any atom is 0.279 e. The molecular weight excluding hydrogens is 356 g/mol. The molecular formula is C17H21F2N7O. The molecule has 0 spiro atoms. The van der Waals surface area contributed by atoms with Crippen molar-refractivity contribution in [1.29, 1.82) is 5.41 Å². The predicted octanol–water partition coefficient (Wildman–Crippen LogP) is 1.59. The third kappa shape index (κ3) is 4.92. The summed E-state index contributed by atoms with van der Waals surface area (Å²) in [5.74, 6) is 1.16. The van der Waals surface area contributed by atoms with Gasteiger partial charge in [-0.2, -0.15) is 0 Å². The number of hydrogen-bond donors (Lipinski definition) is 3. The highest BCUT2D eigenvalue weighted by Crippen LogP contribution is 2.21. The Morgan fingerprint density at radius 1 is 1.48 bits per heavy atom. The van der Waals surface area contributed by atoms with E-state index < -0.39 is 12.1 Å². The first-order valence-corrected chi connectivity index (χ1v) is 8.50. The van der Waals surface area contributed by atoms with Crippen molar-refractivity contribution in [2.24, 2.45) is 0 Å². The Kier molecular flexibility index (Phi) is 6.20. The number of hydrogen-bond acceptors (Lipinski definition) is 7. The van der Waals surface area contributed by atoms with E-state index in [4.69, 9.17) is 10.1 Å². The number of anilines is 1. The summed E-state index contributed by atoms with van der Waals surface area (Å²) in [5.41, 5.74) is 0.523. The zero-order chi connectivity index (χ0) is 19.2. The summed E-state index contributed by atoms with van der Waals surface area (Å²) in [6.07, 6.45) is 2.70. The molecule has 1 aliphatic rings. The lowest BCUT2D eigenvalue weighted by molar-refractivity contribution is 0.0419. The molecule has 3 rings (SSSR count). The molecule has 0 amide bonds. The summed E-state index contributed by atoms with van der Waals surface area (Å²) in [4.78, 5) is 17.9. The Labute approximate surface area is 155 Å². The van der Waals surface area contributed by atoms with Gasteiger partial charge in [-0.25, -0.2) is 23.7 Å². The second kappa shape index (κ2) is 8.78. The highest BCUT2D eigenvalue weighted by molar-refractivity contribution is 5.97. The van der Waals surface area contributed by atoms with Gasteiger partial charge in [-0.15, -0.1) is 0 Å². The quantitative estimate of drug-likeness (QED) is 0.633. The molecule has 10 heteroatoms. The number of ether oxygens (including phenoxy) is 1. The van der Waals surface area contributed by atoms with Crippen molar-refractivity contribution in [3.05, 3.63) is 30.5 Å². The van der Waals surface area contributed by atoms with Crippen LogP contribution in [0.5, 0.6) is 0 Å². The van der Waals surface area contributed by atoms with Crippen LogP contribution in [0.4, 0.5) is 14.6 Å². The predicted molar refractivity (Wildman–Crippen MR) is 98.3 cm³/mol. The summed E-state index contributed by atoms with van der Waals surface area (Å²) >= 11 is 0. The molecule has 2 aromatic rings. The highest BCUT2D eigenvalue weighted by atomic mass is 19.3. The topological polar surface area (TPSA) is 103 Å². The molecule has 27 heavy (non-hydrogen) atoms. The van der Waals surface area contributed by atoms with Crippen LogP contribution in [-0.4, -0.2) is 71.5 Å². The average molecular weight is 377 g/mol. The van der Waals surface area contributed by atoms with Gasteiger partial charge in [0.05, 0.1) is 36.0 Å². The fraction of sp³-hybridized carbons (Fsp3) is 0.412. The fourth-order valence-corrected chi connectivity index (χ4v) is 2.74. The van der Waals surface area contributed by atoms with Crippen LogP contribution in [0.15, 0.2) is 24.7 Å². The van der Waals surface area contributed by atoms with Crippen molar-refractivity contribution >= 4 is 17.6 Å². The number of imidazole rings is 1. The number of rotatable bonds is 7. The normalized spacial score (nSPS) is 17.8. The number of aromatic amines is 1. The van der Waals surface area contributed by atoms with Gasteiger partial charge >= 0.3 is 0 Å². The number of H-pyrrole nitrogens is 1. The van der Waals surface area contributed by atoms with Crippen LogP contribution in [0.2, 0.25) is 0 Å². The first-order valence-electron chi connectivity index (χ1n) is 8.50. The molecule has 1 aliphatic heterocycles. The molecule has 0 bridgehead atoms. The third-order valence-corrected chi connectivity index (χ3v) is 4.07. The number of halogens is 2. The van der Waals surface area contributed by atoms with Gasteiger partial charge in [0.2, 0.25) is 0 Å². The monoisotopic (exact) mass is 377 g/mol. The summed E-state index contributed by atoms with van der Waals surface area (Å²) in [5, 5.41) is 10.2. The zero-order valence-corrected chi connectivity index (χ0v) is 14.8. The fourth-order valence-electron chi connectivity index (χ4n) is 2.74. The van der Waals surface area contributed by atoms with Crippen LogP contribution in [0, 0.1) is 5.41 Å². The molecule has 144 valence electrons. The van der Waals surface area contributed by atoms with Crippen LogP contribution < -0.4 is 10.2 Å². The molecule has 1 fully saturated rings. The zero-order valence-electron chi connectivity index (χ0n) is 14.8. The minimum Gasteiger partial charge on any atom is -0.373 e. The Hall–Kier alpha value is -2.72. The van der Waals surface area contributed by atoms with E-state index in [2.05, 4.69) is 30.2 Å². The molecule has 3 N–H and O–H groups in total. The van der Waals surface area contributed by atoms with Gasteiger partial charge in [-0.1, -0.05) is 0 Å². The standard InChI is InChI=1S/C17H21F2N7O/c1-21-7-11-9-26(4-5-27-11)16-6-13(23-10-24-16)14-8-22-15(25-14)3-2-12(20)17(18)19/h2-3,6,8,10-11,17,20-21H,4-5,7,9H2,1H3,(H,22,25)/b3-2-,20-12?. The van der Waals surface area contributed by atoms with Crippen molar-refractivity contribution < 1.29 is 13.5 Å². The first kappa shape index (κ1) is 19.1. The van der Waals surface area contributed by atoms with Crippen molar-refractivity contribution in [2.45, 2.75) is 12.5 Å². The SMILES string of the molecule is CNCC1CN(c2cc(-c3cnc(/C=C\C(=N)C(F)F)[nH]3)ncn2)CCO1. The summed E-state index contributed by atoms with van der Waals surface area (Å²) in [7, 11) is 1.89. The Balaban J connectivity index is 1.73. The molecule has 1 unspecified atom stereocenters. The van der Waals surface area contributed by atoms with E-state index in [-0.39, 0.29) is 6.10 Å². The Bertz CT molecular complexity index is 806. The molecule has 0 aromatic carbocycles. The molecule has 0 radical (unpaired) electrons. The number of nitrogens with zero attached hydrogens (tertiary/aromatic N) is 4. The van der Waals surface area contributed by atoms with E-state index in [1.54, 1.807) is 6.20 Å². The summed E-state index contributed by atoms with van der Waals surface area (Å²) in [6, 6.07) is 1.85. The van der Waals surface area contributed by atoms with Crippen LogP contribution in [-0.2, 0) is 4.74 Å². The molecule has 0 aliphatic carbocycles. The number of morpholine rings is 1. The van der Waals surface area contributed by atoms with E-state index in [1.807, 2.05) is 13.1 Å². The summed E-state index contributed by atoms with van der Waals surface area (Å²) in [6.45, 7) is 2.85. The van der Waals surface area contributed by atoms with Gasteiger partial charge < -0.3 is 19.9 Å². The second-order valence-electron chi connectivity index (χ2n) is 6.03. The van der Waals surface area contributed by atoms with E-state index in [9.17, 15) is 8.78 Å². The highest BCUT2D eigenvalue weighted by Gasteiger charge is 2.21. The van der Waals surface area contributed by atoms with Crippen molar-refractivity contribution in [3.63, 3.8) is 0 Å². The van der Waals surface area contributed by atoms with E-state index >= 15 is 0 Å². The third-order valence-electron chi connectivity index (χ3n) is 4.07. The minimum absolute atomic E-state index is 0.0937. The first-order chi connectivity index (χ1) is 13.1. The lowest BCUT2D eigenvalue weighted by Gasteiger charge is -2.33. The summed E-state index contributed by atoms with van der Waals surface area (Å²) < 4.78 is 30.4. The van der Waals surface area contributed by atoms with Crippen LogP contribution >= 0.6 is 0 Å². The largest absolute Gasteiger partial charge is 0.373 e. The van der Waals surface area contributed by atoms with E-state index in [0.717, 1.165) is 31.5 Å². The second-order valence-corrected chi connectivity index (χ2v) is 6.03. The number of nitrogens with one attached hydrogen (secondary N) is 3. The molecule has 1 saturated heterocycles. The smallest absolute Gasteiger partial charge is 0.279 e. The number of aromatic nitrogens is 4. The minimum atomic E-state index is -2.81. The van der Waals surface area contributed by atoms with Gasteiger partial charge in [0.25, 0.3) is 6.43 Å². The van der Waals surface area contributed by atoms with Crippen LogP contribution in [0.3, 0.4) is 0 Å². The van der Waals surface area contributed by atoms with E-state index in [0.29, 0.717) is 23.8 Å². The molecule has 8 nitrogen and oxygen atoms in total. The van der Waals surface area contributed by atoms with Crippen molar-refractivity contribution in [2.75, 3.05) is 38.2 Å². The van der Waals surface area contributed by atoms with Crippen LogP contribution in [0.1, 0.15) is 5.82 Å². The van der Waals surface area contributed by atoms with Gasteiger partial charge in [0.1, 0.15) is 18.0 Å². The van der Waals surface area contributed by atoms with E-state index in [1.165, 1.54) is 12.4 Å². The van der Waals surface area contributed by atoms with Gasteiger partial charge in [0, 0.05) is 25.7 Å². The lowest BCUT2D eigenvalue weighted by Crippen LogP contribution is -2.46. The maximum absolute atomic E-state index is 12.4. The van der Waals surface area contributed by atoms with Crippen molar-refractivity contribution in [3.8, 4) is 11.4 Å². The molecule has 3 heterocycles. The van der Waals surface area contributed by atoms with Crippen LogP contribution in [0.25, 0.3) is 17.5 Å². The Morgan fingerprint density at radius 3 is 3.11 bits per heavy atom. The van der Waals surface area contributed by atoms with Gasteiger partial charge in [-0.05, 0) is 19.2 Å². The molecule has 0 saturated carbocycles.